The number of ether oxygens (including phenoxy) is 1. The normalized spacial score (nSPS) is 11.6. The fourth-order valence-corrected chi connectivity index (χ4v) is 4.79. The molecule has 12 heteroatoms. The van der Waals surface area contributed by atoms with Gasteiger partial charge in [0.25, 0.3) is 5.91 Å². The summed E-state index contributed by atoms with van der Waals surface area (Å²) >= 11 is 18.3. The molecule has 0 aliphatic carbocycles. The third-order valence-corrected chi connectivity index (χ3v) is 6.96. The highest BCUT2D eigenvalue weighted by Gasteiger charge is 2.37. The van der Waals surface area contributed by atoms with E-state index in [0.717, 1.165) is 22.4 Å². The SMILES string of the molecule is O=C(O)c1ccc(-c2nn(C(=O)c3c(Cl)cccc3C(F)(F)F)c3ccc(Cl)cc23)c(OCc2ccc(Cl)cc2)c1. The van der Waals surface area contributed by atoms with Gasteiger partial charge in [-0.2, -0.15) is 23.0 Å². The Hall–Kier alpha value is -4.05. The Morgan fingerprint density at radius 3 is 2.29 bits per heavy atom. The first-order valence-electron chi connectivity index (χ1n) is 11.8. The molecule has 41 heavy (non-hydrogen) atoms. The third-order valence-electron chi connectivity index (χ3n) is 6.16. The second-order valence-electron chi connectivity index (χ2n) is 8.82. The van der Waals surface area contributed by atoms with E-state index in [9.17, 15) is 27.9 Å². The Morgan fingerprint density at radius 2 is 1.61 bits per heavy atom. The van der Waals surface area contributed by atoms with Gasteiger partial charge in [0.05, 0.1) is 27.2 Å². The molecule has 5 rings (SSSR count). The lowest BCUT2D eigenvalue weighted by atomic mass is 10.0. The Bertz CT molecular complexity index is 1820. The lowest BCUT2D eigenvalue weighted by Crippen LogP contribution is -2.20. The van der Waals surface area contributed by atoms with Gasteiger partial charge in [-0.15, -0.1) is 0 Å². The van der Waals surface area contributed by atoms with E-state index >= 15 is 0 Å². The minimum absolute atomic E-state index is 0.0279. The highest BCUT2D eigenvalue weighted by Crippen LogP contribution is 2.39. The highest BCUT2D eigenvalue weighted by molar-refractivity contribution is 6.34. The molecule has 1 N–H and O–H groups in total. The number of fused-ring (bicyclic) bond motifs is 1. The van der Waals surface area contributed by atoms with Gasteiger partial charge in [-0.25, -0.2) is 4.79 Å². The van der Waals surface area contributed by atoms with Gasteiger partial charge < -0.3 is 9.84 Å². The standard InChI is InChI=1S/C29H16Cl3F3N2O4/c30-17-7-4-15(5-8-17)14-41-24-12-16(28(39)40)6-10-19(24)26-20-13-18(31)9-11-23(20)37(36-26)27(38)25-21(29(33,34)35)2-1-3-22(25)32/h1-13H,14H2,(H,39,40). The summed E-state index contributed by atoms with van der Waals surface area (Å²) in [5, 5.41) is 14.6. The van der Waals surface area contributed by atoms with E-state index in [0.29, 0.717) is 10.4 Å². The largest absolute Gasteiger partial charge is 0.488 e. The van der Waals surface area contributed by atoms with Crippen molar-refractivity contribution in [2.75, 3.05) is 0 Å². The molecule has 0 spiro atoms. The molecule has 0 amide bonds. The lowest BCUT2D eigenvalue weighted by molar-refractivity contribution is -0.137. The monoisotopic (exact) mass is 618 g/mol. The van der Waals surface area contributed by atoms with Crippen molar-refractivity contribution in [3.8, 4) is 17.0 Å². The van der Waals surface area contributed by atoms with Crippen LogP contribution in [0.5, 0.6) is 5.75 Å². The van der Waals surface area contributed by atoms with Crippen molar-refractivity contribution in [2.45, 2.75) is 12.8 Å². The molecule has 0 radical (unpaired) electrons. The number of aromatic nitrogens is 2. The quantitative estimate of drug-likeness (QED) is 0.206. The number of carboxylic acids is 1. The van der Waals surface area contributed by atoms with Crippen molar-refractivity contribution in [1.82, 2.24) is 9.78 Å². The van der Waals surface area contributed by atoms with Gasteiger partial charge in [0, 0.05) is 21.0 Å². The maximum absolute atomic E-state index is 13.8. The minimum atomic E-state index is -4.86. The molecule has 4 aromatic carbocycles. The molecule has 0 aliphatic heterocycles. The smallest absolute Gasteiger partial charge is 0.417 e. The zero-order chi connectivity index (χ0) is 29.5. The van der Waals surface area contributed by atoms with Gasteiger partial charge in [-0.3, -0.25) is 4.79 Å². The molecule has 1 aromatic heterocycles. The number of carboxylic acid groups (broad SMARTS) is 1. The van der Waals surface area contributed by atoms with Crippen molar-refractivity contribution in [1.29, 1.82) is 0 Å². The zero-order valence-electron chi connectivity index (χ0n) is 20.5. The van der Waals surface area contributed by atoms with Gasteiger partial charge in [-0.05, 0) is 66.2 Å². The van der Waals surface area contributed by atoms with Crippen molar-refractivity contribution in [3.05, 3.63) is 116 Å². The molecule has 0 saturated carbocycles. The first kappa shape index (κ1) is 28.5. The number of carbonyl (C=O) groups is 2. The summed E-state index contributed by atoms with van der Waals surface area (Å²) in [5.74, 6) is -2.22. The summed E-state index contributed by atoms with van der Waals surface area (Å²) in [5.41, 5.74) is -0.789. The lowest BCUT2D eigenvalue weighted by Gasteiger charge is -2.13. The van der Waals surface area contributed by atoms with E-state index in [1.54, 1.807) is 24.3 Å². The topological polar surface area (TPSA) is 81.4 Å². The number of aromatic carboxylic acids is 1. The number of halogens is 6. The summed E-state index contributed by atoms with van der Waals surface area (Å²) in [4.78, 5) is 25.3. The van der Waals surface area contributed by atoms with Crippen LogP contribution >= 0.6 is 34.8 Å². The van der Waals surface area contributed by atoms with Gasteiger partial charge in [0.2, 0.25) is 0 Å². The Labute approximate surface area is 245 Å². The van der Waals surface area contributed by atoms with E-state index in [4.69, 9.17) is 39.5 Å². The van der Waals surface area contributed by atoms with Crippen molar-refractivity contribution < 1.29 is 32.6 Å². The molecular weight excluding hydrogens is 604 g/mol. The fraction of sp³-hybridized carbons (Fsp3) is 0.0690. The Kier molecular flexibility index (Phi) is 7.70. The summed E-state index contributed by atoms with van der Waals surface area (Å²) in [6.45, 7) is 0.0279. The molecule has 0 fully saturated rings. The number of nitrogens with zero attached hydrogens (tertiary/aromatic N) is 2. The summed E-state index contributed by atoms with van der Waals surface area (Å²) in [6.07, 6.45) is -4.86. The minimum Gasteiger partial charge on any atom is -0.488 e. The molecule has 0 aliphatic rings. The Balaban J connectivity index is 1.68. The molecule has 0 unspecified atom stereocenters. The van der Waals surface area contributed by atoms with Crippen LogP contribution in [0.1, 0.15) is 31.8 Å². The summed E-state index contributed by atoms with van der Waals surface area (Å²) < 4.78 is 48.2. The Morgan fingerprint density at radius 1 is 0.902 bits per heavy atom. The van der Waals surface area contributed by atoms with E-state index in [1.165, 1.54) is 42.5 Å². The molecule has 6 nitrogen and oxygen atoms in total. The molecule has 5 aromatic rings. The van der Waals surface area contributed by atoms with Gasteiger partial charge >= 0.3 is 12.1 Å². The average Bonchev–Trinajstić information content (AvgIpc) is 3.30. The highest BCUT2D eigenvalue weighted by atomic mass is 35.5. The second-order valence-corrected chi connectivity index (χ2v) is 10.1. The number of rotatable bonds is 6. The molecule has 208 valence electrons. The fourth-order valence-electron chi connectivity index (χ4n) is 4.24. The molecular formula is C29H16Cl3F3N2O4. The maximum atomic E-state index is 13.8. The number of hydrogen-bond acceptors (Lipinski definition) is 4. The number of carbonyl (C=O) groups excluding carboxylic acids is 1. The molecule has 1 heterocycles. The van der Waals surface area contributed by atoms with E-state index in [-0.39, 0.29) is 39.7 Å². The van der Waals surface area contributed by atoms with Crippen molar-refractivity contribution >= 4 is 57.6 Å². The van der Waals surface area contributed by atoms with E-state index < -0.39 is 34.2 Å². The first-order valence-corrected chi connectivity index (χ1v) is 12.9. The first-order chi connectivity index (χ1) is 19.4. The van der Waals surface area contributed by atoms with Crippen LogP contribution in [-0.4, -0.2) is 26.8 Å². The summed E-state index contributed by atoms with van der Waals surface area (Å²) in [6, 6.07) is 18.3. The number of benzene rings is 4. The molecule has 0 saturated heterocycles. The molecule has 0 atom stereocenters. The van der Waals surface area contributed by atoms with Gasteiger partial charge in [0.15, 0.2) is 0 Å². The number of alkyl halides is 3. The van der Waals surface area contributed by atoms with Crippen LogP contribution in [0.2, 0.25) is 15.1 Å². The van der Waals surface area contributed by atoms with Crippen LogP contribution in [0, 0.1) is 0 Å². The van der Waals surface area contributed by atoms with Crippen LogP contribution in [0.15, 0.2) is 78.9 Å². The van der Waals surface area contributed by atoms with Gasteiger partial charge in [0.1, 0.15) is 18.1 Å². The van der Waals surface area contributed by atoms with Crippen LogP contribution in [-0.2, 0) is 12.8 Å². The second kappa shape index (κ2) is 11.1. The number of hydrogen-bond donors (Lipinski definition) is 1. The zero-order valence-corrected chi connectivity index (χ0v) is 22.8. The van der Waals surface area contributed by atoms with Crippen LogP contribution < -0.4 is 4.74 Å². The van der Waals surface area contributed by atoms with Crippen LogP contribution in [0.4, 0.5) is 13.2 Å². The van der Waals surface area contributed by atoms with Crippen molar-refractivity contribution in [2.24, 2.45) is 0 Å². The summed E-state index contributed by atoms with van der Waals surface area (Å²) in [7, 11) is 0. The van der Waals surface area contributed by atoms with Gasteiger partial charge in [-0.1, -0.05) is 53.0 Å². The average molecular weight is 620 g/mol. The van der Waals surface area contributed by atoms with Crippen LogP contribution in [0.3, 0.4) is 0 Å². The predicted octanol–water partition coefficient (Wildman–Crippen LogP) is 8.65. The third kappa shape index (κ3) is 5.74. The van der Waals surface area contributed by atoms with Crippen LogP contribution in [0.25, 0.3) is 22.2 Å². The predicted molar refractivity (Wildman–Crippen MR) is 149 cm³/mol. The van der Waals surface area contributed by atoms with E-state index in [2.05, 4.69) is 5.10 Å². The molecule has 0 bridgehead atoms. The maximum Gasteiger partial charge on any atom is 0.417 e. The van der Waals surface area contributed by atoms with E-state index in [1.807, 2.05) is 0 Å². The van der Waals surface area contributed by atoms with Crippen molar-refractivity contribution in [3.63, 3.8) is 0 Å².